The third kappa shape index (κ3) is 7.06. The van der Waals surface area contributed by atoms with Crippen LogP contribution in [0.2, 0.25) is 0 Å². The molecule has 1 aromatic rings. The molecule has 1 fully saturated rings. The quantitative estimate of drug-likeness (QED) is 0.392. The Balaban J connectivity index is 1.52. The molecule has 0 saturated carbocycles. The summed E-state index contributed by atoms with van der Waals surface area (Å²) in [5.41, 5.74) is 5.84. The van der Waals surface area contributed by atoms with E-state index >= 15 is 0 Å². The fourth-order valence-corrected chi connectivity index (χ4v) is 2.39. The van der Waals surface area contributed by atoms with E-state index in [-0.39, 0.29) is 0 Å². The SMILES string of the molecule is COc1ccc(OCCNC(N)=NCCCN2CCOCC2)cc1. The highest BCUT2D eigenvalue weighted by Gasteiger charge is 2.08. The van der Waals surface area contributed by atoms with Crippen molar-refractivity contribution < 1.29 is 14.2 Å². The molecule has 7 nitrogen and oxygen atoms in total. The maximum absolute atomic E-state index is 5.84. The Labute approximate surface area is 143 Å². The highest BCUT2D eigenvalue weighted by atomic mass is 16.5. The van der Waals surface area contributed by atoms with Crippen LogP contribution in [0.25, 0.3) is 0 Å². The van der Waals surface area contributed by atoms with E-state index in [1.807, 2.05) is 24.3 Å². The second-order valence-corrected chi connectivity index (χ2v) is 5.53. The van der Waals surface area contributed by atoms with Crippen LogP contribution in [0.5, 0.6) is 11.5 Å². The van der Waals surface area contributed by atoms with Gasteiger partial charge in [-0.2, -0.15) is 0 Å². The van der Waals surface area contributed by atoms with Gasteiger partial charge in [0.15, 0.2) is 5.96 Å². The predicted octanol–water partition coefficient (Wildman–Crippen LogP) is 0.701. The summed E-state index contributed by atoms with van der Waals surface area (Å²) in [7, 11) is 1.64. The summed E-state index contributed by atoms with van der Waals surface area (Å²) in [4.78, 5) is 6.72. The van der Waals surface area contributed by atoms with Crippen LogP contribution in [0.4, 0.5) is 0 Å². The largest absolute Gasteiger partial charge is 0.497 e. The van der Waals surface area contributed by atoms with Crippen LogP contribution in [0.15, 0.2) is 29.3 Å². The third-order valence-corrected chi connectivity index (χ3v) is 3.75. The van der Waals surface area contributed by atoms with Crippen LogP contribution in [0.3, 0.4) is 0 Å². The van der Waals surface area contributed by atoms with Crippen molar-refractivity contribution in [2.75, 3.05) is 59.7 Å². The molecule has 2 rings (SSSR count). The van der Waals surface area contributed by atoms with E-state index in [1.54, 1.807) is 7.11 Å². The number of benzene rings is 1. The van der Waals surface area contributed by atoms with E-state index < -0.39 is 0 Å². The van der Waals surface area contributed by atoms with Crippen molar-refractivity contribution in [1.29, 1.82) is 0 Å². The fraction of sp³-hybridized carbons (Fsp3) is 0.588. The maximum Gasteiger partial charge on any atom is 0.188 e. The topological polar surface area (TPSA) is 81.3 Å². The van der Waals surface area contributed by atoms with Crippen LogP contribution in [0.1, 0.15) is 6.42 Å². The summed E-state index contributed by atoms with van der Waals surface area (Å²) in [5, 5.41) is 3.06. The molecule has 1 aromatic carbocycles. The van der Waals surface area contributed by atoms with Gasteiger partial charge in [0.25, 0.3) is 0 Å². The van der Waals surface area contributed by atoms with E-state index in [0.29, 0.717) is 19.1 Å². The molecule has 0 amide bonds. The van der Waals surface area contributed by atoms with Gasteiger partial charge in [-0.05, 0) is 30.7 Å². The minimum absolute atomic E-state index is 0.468. The Hall–Kier alpha value is -1.99. The minimum atomic E-state index is 0.468. The van der Waals surface area contributed by atoms with Gasteiger partial charge in [-0.1, -0.05) is 0 Å². The Bertz CT molecular complexity index is 487. The Morgan fingerprint density at radius 2 is 1.96 bits per heavy atom. The zero-order valence-electron chi connectivity index (χ0n) is 14.4. The number of hydrogen-bond acceptors (Lipinski definition) is 5. The number of hydrogen-bond donors (Lipinski definition) is 2. The molecule has 24 heavy (non-hydrogen) atoms. The van der Waals surface area contributed by atoms with Gasteiger partial charge in [-0.3, -0.25) is 9.89 Å². The van der Waals surface area contributed by atoms with Crippen molar-refractivity contribution >= 4 is 5.96 Å². The molecule has 0 aromatic heterocycles. The van der Waals surface area contributed by atoms with Gasteiger partial charge in [0.05, 0.1) is 26.9 Å². The molecule has 0 atom stereocenters. The molecular weight excluding hydrogens is 308 g/mol. The standard InChI is InChI=1S/C17H28N4O3/c1-22-15-3-5-16(6-4-15)24-12-8-20-17(18)19-7-2-9-21-10-13-23-14-11-21/h3-6H,2,7-14H2,1H3,(H3,18,19,20). The lowest BCUT2D eigenvalue weighted by Crippen LogP contribution is -2.37. The number of nitrogens with one attached hydrogen (secondary N) is 1. The van der Waals surface area contributed by atoms with E-state index in [0.717, 1.165) is 57.3 Å². The summed E-state index contributed by atoms with van der Waals surface area (Å²) < 4.78 is 16.0. The molecule has 134 valence electrons. The first-order chi connectivity index (χ1) is 11.8. The zero-order chi connectivity index (χ0) is 17.0. The summed E-state index contributed by atoms with van der Waals surface area (Å²) in [5.74, 6) is 2.09. The average Bonchev–Trinajstić information content (AvgIpc) is 2.64. The lowest BCUT2D eigenvalue weighted by molar-refractivity contribution is 0.0377. The number of morpholine rings is 1. The molecule has 1 heterocycles. The van der Waals surface area contributed by atoms with Crippen LogP contribution in [-0.4, -0.2) is 70.5 Å². The molecule has 0 bridgehead atoms. The number of guanidine groups is 1. The summed E-state index contributed by atoms with van der Waals surface area (Å²) in [6, 6.07) is 7.49. The highest BCUT2D eigenvalue weighted by molar-refractivity contribution is 5.77. The first kappa shape index (κ1) is 18.4. The highest BCUT2D eigenvalue weighted by Crippen LogP contribution is 2.16. The first-order valence-electron chi connectivity index (χ1n) is 8.38. The number of aliphatic imine (C=N–C) groups is 1. The van der Waals surface area contributed by atoms with Gasteiger partial charge < -0.3 is 25.3 Å². The van der Waals surface area contributed by atoms with E-state index in [2.05, 4.69) is 15.2 Å². The van der Waals surface area contributed by atoms with Crippen LogP contribution < -0.4 is 20.5 Å². The van der Waals surface area contributed by atoms with Crippen LogP contribution >= 0.6 is 0 Å². The molecule has 0 spiro atoms. The number of ether oxygens (including phenoxy) is 3. The zero-order valence-corrected chi connectivity index (χ0v) is 14.4. The van der Waals surface area contributed by atoms with E-state index in [1.165, 1.54) is 0 Å². The Kier molecular flexibility index (Phi) is 8.20. The van der Waals surface area contributed by atoms with Gasteiger partial charge in [-0.25, -0.2) is 0 Å². The van der Waals surface area contributed by atoms with Crippen LogP contribution in [-0.2, 0) is 4.74 Å². The number of rotatable bonds is 9. The average molecular weight is 336 g/mol. The van der Waals surface area contributed by atoms with Crippen molar-refractivity contribution in [3.8, 4) is 11.5 Å². The summed E-state index contributed by atoms with van der Waals surface area (Å²) in [6.45, 7) is 6.61. The fourth-order valence-electron chi connectivity index (χ4n) is 2.39. The monoisotopic (exact) mass is 336 g/mol. The Morgan fingerprint density at radius 3 is 2.67 bits per heavy atom. The van der Waals surface area contributed by atoms with Gasteiger partial charge in [0.1, 0.15) is 18.1 Å². The second kappa shape index (κ2) is 10.7. The molecule has 1 saturated heterocycles. The second-order valence-electron chi connectivity index (χ2n) is 5.53. The maximum atomic E-state index is 5.84. The van der Waals surface area contributed by atoms with Gasteiger partial charge in [-0.15, -0.1) is 0 Å². The number of nitrogens with zero attached hydrogens (tertiary/aromatic N) is 2. The van der Waals surface area contributed by atoms with Crippen molar-refractivity contribution in [3.63, 3.8) is 0 Å². The molecule has 1 aliphatic heterocycles. The molecular formula is C17H28N4O3. The molecule has 0 aliphatic carbocycles. The lowest BCUT2D eigenvalue weighted by Gasteiger charge is -2.26. The van der Waals surface area contributed by atoms with Crippen molar-refractivity contribution in [2.45, 2.75) is 6.42 Å². The van der Waals surface area contributed by atoms with Crippen molar-refractivity contribution in [2.24, 2.45) is 10.7 Å². The lowest BCUT2D eigenvalue weighted by atomic mass is 10.3. The van der Waals surface area contributed by atoms with Crippen LogP contribution in [0, 0.1) is 0 Å². The smallest absolute Gasteiger partial charge is 0.188 e. The van der Waals surface area contributed by atoms with Gasteiger partial charge >= 0.3 is 0 Å². The predicted molar refractivity (Wildman–Crippen MR) is 94.9 cm³/mol. The Morgan fingerprint density at radius 1 is 1.25 bits per heavy atom. The van der Waals surface area contributed by atoms with Gasteiger partial charge in [0.2, 0.25) is 0 Å². The third-order valence-electron chi connectivity index (χ3n) is 3.75. The number of nitrogens with two attached hydrogens (primary N) is 1. The normalized spacial score (nSPS) is 16.0. The van der Waals surface area contributed by atoms with Gasteiger partial charge in [0, 0.05) is 26.2 Å². The molecule has 3 N–H and O–H groups in total. The molecule has 0 radical (unpaired) electrons. The molecule has 1 aliphatic rings. The first-order valence-corrected chi connectivity index (χ1v) is 8.38. The molecule has 7 heteroatoms. The van der Waals surface area contributed by atoms with Crippen molar-refractivity contribution in [3.05, 3.63) is 24.3 Å². The summed E-state index contributed by atoms with van der Waals surface area (Å²) in [6.07, 6.45) is 1.00. The van der Waals surface area contributed by atoms with Crippen molar-refractivity contribution in [1.82, 2.24) is 10.2 Å². The molecule has 0 unspecified atom stereocenters. The van der Waals surface area contributed by atoms with E-state index in [4.69, 9.17) is 19.9 Å². The minimum Gasteiger partial charge on any atom is -0.497 e. The summed E-state index contributed by atoms with van der Waals surface area (Å²) >= 11 is 0. The van der Waals surface area contributed by atoms with E-state index in [9.17, 15) is 0 Å². The number of methoxy groups -OCH3 is 1.